The number of aryl methyl sites for hydroxylation is 1. The molecule has 1 aromatic heterocycles. The van der Waals surface area contributed by atoms with Crippen LogP contribution in [0.4, 0.5) is 30.2 Å². The minimum atomic E-state index is -1.62. The third-order valence-electron chi connectivity index (χ3n) is 5.21. The lowest BCUT2D eigenvalue weighted by Crippen LogP contribution is -2.15. The Balaban J connectivity index is 1.87. The Hall–Kier alpha value is -4.21. The van der Waals surface area contributed by atoms with E-state index in [2.05, 4.69) is 15.6 Å². The molecule has 0 bridgehead atoms. The molecule has 10 heteroatoms. The summed E-state index contributed by atoms with van der Waals surface area (Å²) in [6.07, 6.45) is 2.57. The van der Waals surface area contributed by atoms with Crippen molar-refractivity contribution in [2.24, 2.45) is 0 Å². The molecule has 3 N–H and O–H groups in total. The quantitative estimate of drug-likeness (QED) is 0.304. The number of halogens is 3. The molecule has 36 heavy (non-hydrogen) atoms. The van der Waals surface area contributed by atoms with Gasteiger partial charge in [-0.15, -0.1) is 0 Å². The van der Waals surface area contributed by atoms with Crippen LogP contribution in [0.15, 0.2) is 48.7 Å². The van der Waals surface area contributed by atoms with Gasteiger partial charge >= 0.3 is 5.97 Å². The SMILES string of the molecule is CCCC(=O)Cc1cc(Nc2cc(F)c(F)c(F)c2)c(C(=O)Nc2ccc(CCC(=O)O)cc2)cn1. The van der Waals surface area contributed by atoms with E-state index in [4.69, 9.17) is 5.11 Å². The number of aliphatic carboxylic acids is 1. The van der Waals surface area contributed by atoms with Gasteiger partial charge in [0.15, 0.2) is 17.5 Å². The number of carbonyl (C=O) groups is 3. The van der Waals surface area contributed by atoms with Crippen LogP contribution in [0, 0.1) is 17.5 Å². The molecule has 1 heterocycles. The van der Waals surface area contributed by atoms with Crippen LogP contribution in [0.3, 0.4) is 0 Å². The van der Waals surface area contributed by atoms with Crippen molar-refractivity contribution in [1.29, 1.82) is 0 Å². The number of anilines is 3. The molecule has 0 radical (unpaired) electrons. The topological polar surface area (TPSA) is 108 Å². The van der Waals surface area contributed by atoms with Gasteiger partial charge in [-0.25, -0.2) is 13.2 Å². The molecular weight excluding hydrogens is 475 g/mol. The number of carbonyl (C=O) groups excluding carboxylic acids is 2. The Kier molecular flexibility index (Phi) is 8.77. The summed E-state index contributed by atoms with van der Waals surface area (Å²) in [6.45, 7) is 1.86. The van der Waals surface area contributed by atoms with Gasteiger partial charge in [-0.1, -0.05) is 19.1 Å². The van der Waals surface area contributed by atoms with Crippen molar-refractivity contribution >= 4 is 34.7 Å². The summed E-state index contributed by atoms with van der Waals surface area (Å²) in [4.78, 5) is 40.0. The lowest BCUT2D eigenvalue weighted by molar-refractivity contribution is -0.137. The third-order valence-corrected chi connectivity index (χ3v) is 5.21. The fourth-order valence-corrected chi connectivity index (χ4v) is 3.44. The monoisotopic (exact) mass is 499 g/mol. The first-order chi connectivity index (χ1) is 17.2. The Morgan fingerprint density at radius 2 is 1.61 bits per heavy atom. The Bertz CT molecular complexity index is 1260. The van der Waals surface area contributed by atoms with Crippen LogP contribution in [0.25, 0.3) is 0 Å². The zero-order chi connectivity index (χ0) is 26.2. The zero-order valence-electron chi connectivity index (χ0n) is 19.4. The van der Waals surface area contributed by atoms with E-state index < -0.39 is 29.3 Å². The predicted molar refractivity (Wildman–Crippen MR) is 128 cm³/mol. The fourth-order valence-electron chi connectivity index (χ4n) is 3.44. The summed E-state index contributed by atoms with van der Waals surface area (Å²) >= 11 is 0. The van der Waals surface area contributed by atoms with E-state index in [9.17, 15) is 27.6 Å². The van der Waals surface area contributed by atoms with E-state index in [-0.39, 0.29) is 35.6 Å². The first kappa shape index (κ1) is 26.4. The molecule has 188 valence electrons. The van der Waals surface area contributed by atoms with Crippen molar-refractivity contribution in [2.75, 3.05) is 10.6 Å². The second kappa shape index (κ2) is 12.0. The van der Waals surface area contributed by atoms with Crippen molar-refractivity contribution in [1.82, 2.24) is 4.98 Å². The largest absolute Gasteiger partial charge is 0.481 e. The van der Waals surface area contributed by atoms with Gasteiger partial charge in [0.05, 0.1) is 11.3 Å². The van der Waals surface area contributed by atoms with Crippen LogP contribution in [-0.4, -0.2) is 27.8 Å². The van der Waals surface area contributed by atoms with Gasteiger partial charge in [0.1, 0.15) is 5.78 Å². The third kappa shape index (κ3) is 7.14. The highest BCUT2D eigenvalue weighted by Crippen LogP contribution is 2.26. The van der Waals surface area contributed by atoms with Crippen LogP contribution in [0.5, 0.6) is 0 Å². The first-order valence-corrected chi connectivity index (χ1v) is 11.2. The van der Waals surface area contributed by atoms with Crippen LogP contribution in [0.2, 0.25) is 0 Å². The van der Waals surface area contributed by atoms with Crippen LogP contribution >= 0.6 is 0 Å². The van der Waals surface area contributed by atoms with E-state index >= 15 is 0 Å². The highest BCUT2D eigenvalue weighted by atomic mass is 19.2. The molecule has 1 amide bonds. The number of hydrogen-bond donors (Lipinski definition) is 3. The molecule has 3 aromatic rings. The average Bonchev–Trinajstić information content (AvgIpc) is 2.82. The first-order valence-electron chi connectivity index (χ1n) is 11.2. The number of carboxylic acids is 1. The maximum absolute atomic E-state index is 13.7. The lowest BCUT2D eigenvalue weighted by Gasteiger charge is -2.14. The number of aromatic nitrogens is 1. The summed E-state index contributed by atoms with van der Waals surface area (Å²) < 4.78 is 40.8. The van der Waals surface area contributed by atoms with E-state index in [0.717, 1.165) is 17.7 Å². The maximum Gasteiger partial charge on any atom is 0.303 e. The minimum absolute atomic E-state index is 0.00830. The van der Waals surface area contributed by atoms with E-state index in [0.29, 0.717) is 30.6 Å². The number of ketones is 1. The predicted octanol–water partition coefficient (Wildman–Crippen LogP) is 5.42. The molecule has 7 nitrogen and oxygen atoms in total. The van der Waals surface area contributed by atoms with Crippen LogP contribution in [0.1, 0.15) is 47.8 Å². The number of benzene rings is 2. The number of amides is 1. The minimum Gasteiger partial charge on any atom is -0.481 e. The summed E-state index contributed by atoms with van der Waals surface area (Å²) in [5, 5.41) is 14.2. The fraction of sp³-hybridized carbons (Fsp3) is 0.231. The molecular formula is C26H24F3N3O4. The summed E-state index contributed by atoms with van der Waals surface area (Å²) in [6, 6.07) is 9.51. The Morgan fingerprint density at radius 3 is 2.22 bits per heavy atom. The molecule has 0 atom stereocenters. The van der Waals surface area contributed by atoms with Crippen molar-refractivity contribution in [3.63, 3.8) is 0 Å². The van der Waals surface area contributed by atoms with E-state index in [1.807, 2.05) is 6.92 Å². The average molecular weight is 499 g/mol. The zero-order valence-corrected chi connectivity index (χ0v) is 19.4. The van der Waals surface area contributed by atoms with Crippen molar-refractivity contribution in [2.45, 2.75) is 39.0 Å². The Morgan fingerprint density at radius 1 is 0.944 bits per heavy atom. The highest BCUT2D eigenvalue weighted by molar-refractivity contribution is 6.08. The van der Waals surface area contributed by atoms with Gasteiger partial charge in [-0.2, -0.15) is 0 Å². The van der Waals surface area contributed by atoms with Crippen LogP contribution in [-0.2, 0) is 22.4 Å². The molecule has 2 aromatic carbocycles. The molecule has 0 aliphatic heterocycles. The van der Waals surface area contributed by atoms with Gasteiger partial charge < -0.3 is 15.7 Å². The van der Waals surface area contributed by atoms with E-state index in [1.165, 1.54) is 12.3 Å². The van der Waals surface area contributed by atoms with Crippen molar-refractivity contribution in [3.8, 4) is 0 Å². The normalized spacial score (nSPS) is 10.7. The summed E-state index contributed by atoms with van der Waals surface area (Å²) in [5.41, 5.74) is 1.54. The second-order valence-corrected chi connectivity index (χ2v) is 8.11. The Labute approximate surface area is 205 Å². The molecule has 0 spiro atoms. The number of nitrogens with zero attached hydrogens (tertiary/aromatic N) is 1. The molecule has 0 saturated heterocycles. The van der Waals surface area contributed by atoms with Crippen molar-refractivity contribution in [3.05, 3.63) is 82.9 Å². The number of rotatable bonds is 11. The molecule has 0 fully saturated rings. The highest BCUT2D eigenvalue weighted by Gasteiger charge is 2.17. The van der Waals surface area contributed by atoms with Gasteiger partial charge in [-0.05, 0) is 36.6 Å². The standard InChI is InChI=1S/C26H24F3N3O4/c1-2-3-19(33)10-17-13-23(31-18-11-21(27)25(29)22(28)12-18)20(14-30-17)26(36)32-16-7-4-15(5-8-16)6-9-24(34)35/h4-5,7-8,11-14H,2-3,6,9-10H2,1H3,(H,30,31)(H,32,36)(H,34,35). The number of hydrogen-bond acceptors (Lipinski definition) is 5. The molecule has 0 aliphatic carbocycles. The molecule has 0 aliphatic rings. The number of pyridine rings is 1. The number of Topliss-reactive ketones (excluding diaryl/α,β-unsaturated/α-hetero) is 1. The smallest absolute Gasteiger partial charge is 0.303 e. The van der Waals surface area contributed by atoms with Gasteiger partial charge in [-0.3, -0.25) is 19.4 Å². The molecule has 0 saturated carbocycles. The number of carboxylic acid groups (broad SMARTS) is 1. The molecule has 3 rings (SSSR count). The van der Waals surface area contributed by atoms with Gasteiger partial charge in [0.2, 0.25) is 0 Å². The summed E-state index contributed by atoms with van der Waals surface area (Å²) in [7, 11) is 0. The second-order valence-electron chi connectivity index (χ2n) is 8.11. The number of nitrogens with one attached hydrogen (secondary N) is 2. The lowest BCUT2D eigenvalue weighted by atomic mass is 10.1. The van der Waals surface area contributed by atoms with Gasteiger partial charge in [0.25, 0.3) is 5.91 Å². The van der Waals surface area contributed by atoms with E-state index in [1.54, 1.807) is 24.3 Å². The van der Waals surface area contributed by atoms with Crippen LogP contribution < -0.4 is 10.6 Å². The maximum atomic E-state index is 13.7. The summed E-state index contributed by atoms with van der Waals surface area (Å²) in [5.74, 6) is -6.00. The van der Waals surface area contributed by atoms with Gasteiger partial charge in [0, 0.05) is 54.7 Å². The van der Waals surface area contributed by atoms with Crippen molar-refractivity contribution < 1.29 is 32.7 Å². The molecule has 0 unspecified atom stereocenters.